The second-order valence-corrected chi connectivity index (χ2v) is 4.60. The quantitative estimate of drug-likeness (QED) is 0.899. The first-order valence-electron chi connectivity index (χ1n) is 6.07. The topological polar surface area (TPSA) is 46.5 Å². The van der Waals surface area contributed by atoms with Crippen LogP contribution in [0, 0.1) is 20.8 Å². The van der Waals surface area contributed by atoms with Crippen LogP contribution in [0.5, 0.6) is 11.5 Å². The molecular weight excluding hydrogens is 240 g/mol. The molecule has 0 spiro atoms. The van der Waals surface area contributed by atoms with Gasteiger partial charge in [0.25, 0.3) is 0 Å². The van der Waals surface area contributed by atoms with Gasteiger partial charge in [-0.15, -0.1) is 0 Å². The zero-order valence-electron chi connectivity index (χ0n) is 11.2. The molecule has 0 unspecified atom stereocenters. The Morgan fingerprint density at radius 2 is 1.79 bits per heavy atom. The van der Waals surface area contributed by atoms with Crippen LogP contribution in [0.25, 0.3) is 0 Å². The summed E-state index contributed by atoms with van der Waals surface area (Å²) in [6, 6.07) is 10.9. The van der Waals surface area contributed by atoms with Crippen molar-refractivity contribution in [3.05, 3.63) is 58.7 Å². The molecule has 3 nitrogen and oxygen atoms in total. The predicted octanol–water partition coefficient (Wildman–Crippen LogP) is 4.10. The molecule has 3 heteroatoms. The maximum atomic E-state index is 11.2. The molecule has 0 heterocycles. The Bertz CT molecular complexity index is 630. The van der Waals surface area contributed by atoms with E-state index in [2.05, 4.69) is 0 Å². The second kappa shape index (κ2) is 5.14. The van der Waals surface area contributed by atoms with Crippen molar-refractivity contribution < 1.29 is 14.6 Å². The summed E-state index contributed by atoms with van der Waals surface area (Å²) in [6.45, 7) is 5.81. The molecule has 2 aromatic carbocycles. The van der Waals surface area contributed by atoms with Crippen LogP contribution in [-0.4, -0.2) is 11.1 Å². The van der Waals surface area contributed by atoms with Crippen molar-refractivity contribution in [3.63, 3.8) is 0 Å². The minimum atomic E-state index is -0.982. The van der Waals surface area contributed by atoms with Crippen LogP contribution in [0.1, 0.15) is 27.0 Å². The standard InChI is InChI=1S/C16H16O3/c1-10-7-8-15(13(9-10)16(17)18)19-14-6-4-5-11(2)12(14)3/h4-9H,1-3H3,(H,17,18). The molecule has 2 rings (SSSR count). The van der Waals surface area contributed by atoms with Gasteiger partial charge in [-0.05, 0) is 50.1 Å². The number of aryl methyl sites for hydroxylation is 2. The molecule has 0 aliphatic heterocycles. The fraction of sp³-hybridized carbons (Fsp3) is 0.188. The van der Waals surface area contributed by atoms with Gasteiger partial charge < -0.3 is 9.84 Å². The van der Waals surface area contributed by atoms with E-state index < -0.39 is 5.97 Å². The van der Waals surface area contributed by atoms with E-state index in [1.165, 1.54) is 0 Å². The summed E-state index contributed by atoms with van der Waals surface area (Å²) in [5.41, 5.74) is 3.20. The van der Waals surface area contributed by atoms with Gasteiger partial charge in [0, 0.05) is 0 Å². The number of carboxylic acid groups (broad SMARTS) is 1. The fourth-order valence-corrected chi connectivity index (χ4v) is 1.85. The van der Waals surface area contributed by atoms with Crippen LogP contribution >= 0.6 is 0 Å². The number of carbonyl (C=O) groups is 1. The monoisotopic (exact) mass is 256 g/mol. The average molecular weight is 256 g/mol. The van der Waals surface area contributed by atoms with Crippen LogP contribution < -0.4 is 4.74 Å². The lowest BCUT2D eigenvalue weighted by atomic mass is 10.1. The van der Waals surface area contributed by atoms with Crippen LogP contribution in [0.2, 0.25) is 0 Å². The lowest BCUT2D eigenvalue weighted by Crippen LogP contribution is -2.01. The van der Waals surface area contributed by atoms with E-state index >= 15 is 0 Å². The van der Waals surface area contributed by atoms with Crippen molar-refractivity contribution in [1.29, 1.82) is 0 Å². The van der Waals surface area contributed by atoms with Gasteiger partial charge in [-0.2, -0.15) is 0 Å². The SMILES string of the molecule is Cc1ccc(Oc2cccc(C)c2C)c(C(=O)O)c1. The largest absolute Gasteiger partial charge is 0.478 e. The summed E-state index contributed by atoms with van der Waals surface area (Å²) in [5, 5.41) is 9.21. The molecule has 2 aromatic rings. The van der Waals surface area contributed by atoms with Gasteiger partial charge in [-0.3, -0.25) is 0 Å². The molecule has 19 heavy (non-hydrogen) atoms. The third-order valence-corrected chi connectivity index (χ3v) is 3.14. The molecule has 0 amide bonds. The number of aromatic carboxylic acids is 1. The maximum Gasteiger partial charge on any atom is 0.339 e. The molecule has 0 radical (unpaired) electrons. The molecule has 0 fully saturated rings. The number of ether oxygens (including phenoxy) is 1. The first kappa shape index (κ1) is 13.1. The van der Waals surface area contributed by atoms with Gasteiger partial charge in [0.05, 0.1) is 0 Å². The lowest BCUT2D eigenvalue weighted by molar-refractivity contribution is 0.0694. The Kier molecular flexibility index (Phi) is 3.56. The highest BCUT2D eigenvalue weighted by Crippen LogP contribution is 2.29. The maximum absolute atomic E-state index is 11.2. The van der Waals surface area contributed by atoms with Crippen LogP contribution in [-0.2, 0) is 0 Å². The Hall–Kier alpha value is -2.29. The number of benzene rings is 2. The molecule has 0 aliphatic rings. The first-order chi connectivity index (χ1) is 8.99. The van der Waals surface area contributed by atoms with E-state index in [1.54, 1.807) is 12.1 Å². The van der Waals surface area contributed by atoms with Crippen LogP contribution in [0.3, 0.4) is 0 Å². The summed E-state index contributed by atoms with van der Waals surface area (Å²) >= 11 is 0. The van der Waals surface area contributed by atoms with E-state index in [-0.39, 0.29) is 5.56 Å². The van der Waals surface area contributed by atoms with Gasteiger partial charge in [-0.1, -0.05) is 23.8 Å². The minimum absolute atomic E-state index is 0.181. The van der Waals surface area contributed by atoms with E-state index in [4.69, 9.17) is 4.74 Å². The summed E-state index contributed by atoms with van der Waals surface area (Å²) in [6.07, 6.45) is 0. The highest BCUT2D eigenvalue weighted by Gasteiger charge is 2.13. The molecule has 0 saturated carbocycles. The molecule has 0 aromatic heterocycles. The predicted molar refractivity (Wildman–Crippen MR) is 74.1 cm³/mol. The zero-order valence-corrected chi connectivity index (χ0v) is 11.2. The molecule has 0 aliphatic carbocycles. The number of rotatable bonds is 3. The van der Waals surface area contributed by atoms with E-state index in [1.807, 2.05) is 45.0 Å². The van der Waals surface area contributed by atoms with Gasteiger partial charge in [-0.25, -0.2) is 4.79 Å². The molecular formula is C16H16O3. The number of hydrogen-bond donors (Lipinski definition) is 1. The molecule has 1 N–H and O–H groups in total. The number of carboxylic acids is 1. The van der Waals surface area contributed by atoms with Gasteiger partial charge >= 0.3 is 5.97 Å². The van der Waals surface area contributed by atoms with Crippen molar-refractivity contribution >= 4 is 5.97 Å². The highest BCUT2D eigenvalue weighted by atomic mass is 16.5. The zero-order chi connectivity index (χ0) is 14.0. The van der Waals surface area contributed by atoms with Crippen molar-refractivity contribution in [1.82, 2.24) is 0 Å². The summed E-state index contributed by atoms with van der Waals surface area (Å²) in [5.74, 6) is 0.0714. The minimum Gasteiger partial charge on any atom is -0.478 e. The van der Waals surface area contributed by atoms with Crippen molar-refractivity contribution in [2.75, 3.05) is 0 Å². The van der Waals surface area contributed by atoms with E-state index in [0.29, 0.717) is 11.5 Å². The van der Waals surface area contributed by atoms with E-state index in [0.717, 1.165) is 16.7 Å². The van der Waals surface area contributed by atoms with Crippen LogP contribution in [0.15, 0.2) is 36.4 Å². The smallest absolute Gasteiger partial charge is 0.339 e. The molecule has 98 valence electrons. The Balaban J connectivity index is 2.44. The lowest BCUT2D eigenvalue weighted by Gasteiger charge is -2.12. The average Bonchev–Trinajstić information content (AvgIpc) is 2.36. The third-order valence-electron chi connectivity index (χ3n) is 3.14. The van der Waals surface area contributed by atoms with E-state index in [9.17, 15) is 9.90 Å². The van der Waals surface area contributed by atoms with Gasteiger partial charge in [0.2, 0.25) is 0 Å². The summed E-state index contributed by atoms with van der Waals surface area (Å²) < 4.78 is 5.76. The second-order valence-electron chi connectivity index (χ2n) is 4.60. The summed E-state index contributed by atoms with van der Waals surface area (Å²) in [4.78, 5) is 11.2. The molecule has 0 atom stereocenters. The summed E-state index contributed by atoms with van der Waals surface area (Å²) in [7, 11) is 0. The van der Waals surface area contributed by atoms with Crippen molar-refractivity contribution in [3.8, 4) is 11.5 Å². The first-order valence-corrected chi connectivity index (χ1v) is 6.07. The Morgan fingerprint density at radius 1 is 1.05 bits per heavy atom. The van der Waals surface area contributed by atoms with Gasteiger partial charge in [0.15, 0.2) is 0 Å². The Morgan fingerprint density at radius 3 is 2.47 bits per heavy atom. The normalized spacial score (nSPS) is 10.3. The molecule has 0 saturated heterocycles. The molecule has 0 bridgehead atoms. The third kappa shape index (κ3) is 2.76. The number of hydrogen-bond acceptors (Lipinski definition) is 2. The van der Waals surface area contributed by atoms with Crippen molar-refractivity contribution in [2.45, 2.75) is 20.8 Å². The van der Waals surface area contributed by atoms with Gasteiger partial charge in [0.1, 0.15) is 17.1 Å². The highest BCUT2D eigenvalue weighted by molar-refractivity contribution is 5.91. The van der Waals surface area contributed by atoms with Crippen molar-refractivity contribution in [2.24, 2.45) is 0 Å². The fourth-order valence-electron chi connectivity index (χ4n) is 1.85. The van der Waals surface area contributed by atoms with Crippen LogP contribution in [0.4, 0.5) is 0 Å². The Labute approximate surface area is 112 Å².